The van der Waals surface area contributed by atoms with Gasteiger partial charge < -0.3 is 14.8 Å². The Labute approximate surface area is 151 Å². The minimum atomic E-state index is 0.101. The van der Waals surface area contributed by atoms with Gasteiger partial charge in [0.05, 0.1) is 12.7 Å². The summed E-state index contributed by atoms with van der Waals surface area (Å²) in [5.41, 5.74) is 4.46. The molecule has 4 aromatic rings. The molecule has 26 heavy (non-hydrogen) atoms. The number of hydrogen-bond donors (Lipinski definition) is 2. The van der Waals surface area contributed by atoms with Crippen molar-refractivity contribution >= 4 is 22.8 Å². The van der Waals surface area contributed by atoms with Gasteiger partial charge in [0.2, 0.25) is 0 Å². The first-order valence-corrected chi connectivity index (χ1v) is 8.33. The predicted octanol–water partition coefficient (Wildman–Crippen LogP) is 5.30. The van der Waals surface area contributed by atoms with E-state index in [0.717, 1.165) is 22.0 Å². The highest BCUT2D eigenvalue weighted by Crippen LogP contribution is 2.31. The SMILES string of the molecule is COc1ccccc1N=Cc1c(O)[nH]c2cc(-c3ccccc3)ccc12. The van der Waals surface area contributed by atoms with Crippen molar-refractivity contribution in [2.45, 2.75) is 0 Å². The quantitative estimate of drug-likeness (QED) is 0.494. The van der Waals surface area contributed by atoms with E-state index in [0.29, 0.717) is 17.0 Å². The Bertz CT molecular complexity index is 1080. The number of aromatic nitrogens is 1. The molecule has 0 amide bonds. The molecular weight excluding hydrogens is 324 g/mol. The lowest BCUT2D eigenvalue weighted by Crippen LogP contribution is -1.84. The average Bonchev–Trinajstić information content (AvgIpc) is 3.01. The van der Waals surface area contributed by atoms with Crippen LogP contribution in [0.1, 0.15) is 5.56 Å². The summed E-state index contributed by atoms with van der Waals surface area (Å²) in [6.45, 7) is 0. The van der Waals surface area contributed by atoms with Crippen LogP contribution in [0.3, 0.4) is 0 Å². The summed E-state index contributed by atoms with van der Waals surface area (Å²) in [6, 6.07) is 23.7. The van der Waals surface area contributed by atoms with E-state index in [1.165, 1.54) is 0 Å². The number of para-hydroxylation sites is 2. The van der Waals surface area contributed by atoms with E-state index in [9.17, 15) is 5.11 Å². The number of methoxy groups -OCH3 is 1. The molecule has 4 rings (SSSR count). The second-order valence-electron chi connectivity index (χ2n) is 5.94. The lowest BCUT2D eigenvalue weighted by molar-refractivity contribution is 0.416. The second kappa shape index (κ2) is 6.76. The van der Waals surface area contributed by atoms with Gasteiger partial charge in [0.25, 0.3) is 0 Å². The van der Waals surface area contributed by atoms with E-state index in [1.54, 1.807) is 13.3 Å². The number of aromatic amines is 1. The molecule has 0 saturated heterocycles. The fourth-order valence-electron chi connectivity index (χ4n) is 3.02. The van der Waals surface area contributed by atoms with E-state index in [2.05, 4.69) is 22.1 Å². The van der Waals surface area contributed by atoms with Crippen LogP contribution in [0.5, 0.6) is 11.6 Å². The summed E-state index contributed by atoms with van der Waals surface area (Å²) in [6.07, 6.45) is 1.66. The van der Waals surface area contributed by atoms with Crippen LogP contribution in [-0.2, 0) is 0 Å². The maximum atomic E-state index is 10.3. The van der Waals surface area contributed by atoms with E-state index >= 15 is 0 Å². The van der Waals surface area contributed by atoms with Crippen molar-refractivity contribution in [1.82, 2.24) is 4.98 Å². The second-order valence-corrected chi connectivity index (χ2v) is 5.94. The van der Waals surface area contributed by atoms with Gasteiger partial charge in [-0.1, -0.05) is 54.6 Å². The van der Waals surface area contributed by atoms with Crippen molar-refractivity contribution < 1.29 is 9.84 Å². The van der Waals surface area contributed by atoms with Gasteiger partial charge in [-0.25, -0.2) is 0 Å². The van der Waals surface area contributed by atoms with E-state index in [1.807, 2.05) is 60.7 Å². The summed E-state index contributed by atoms with van der Waals surface area (Å²) in [7, 11) is 1.61. The number of nitrogens with one attached hydrogen (secondary N) is 1. The van der Waals surface area contributed by atoms with Crippen LogP contribution in [0.4, 0.5) is 5.69 Å². The molecule has 0 spiro atoms. The molecule has 4 nitrogen and oxygen atoms in total. The fourth-order valence-corrected chi connectivity index (χ4v) is 3.02. The van der Waals surface area contributed by atoms with Gasteiger partial charge in [0.15, 0.2) is 5.88 Å². The Kier molecular flexibility index (Phi) is 4.15. The first-order chi connectivity index (χ1) is 12.8. The van der Waals surface area contributed by atoms with E-state index in [-0.39, 0.29) is 5.88 Å². The number of aromatic hydroxyl groups is 1. The van der Waals surface area contributed by atoms with Gasteiger partial charge in [-0.05, 0) is 29.3 Å². The molecule has 4 heteroatoms. The maximum absolute atomic E-state index is 10.3. The van der Waals surface area contributed by atoms with Crippen LogP contribution < -0.4 is 4.74 Å². The number of H-pyrrole nitrogens is 1. The molecule has 0 saturated carbocycles. The van der Waals surface area contributed by atoms with Gasteiger partial charge in [0, 0.05) is 17.1 Å². The smallest absolute Gasteiger partial charge is 0.198 e. The van der Waals surface area contributed by atoms with Gasteiger partial charge in [0.1, 0.15) is 11.4 Å². The highest BCUT2D eigenvalue weighted by Gasteiger charge is 2.10. The van der Waals surface area contributed by atoms with Crippen molar-refractivity contribution in [2.75, 3.05) is 7.11 Å². The Balaban J connectivity index is 1.74. The van der Waals surface area contributed by atoms with Gasteiger partial charge in [-0.2, -0.15) is 0 Å². The van der Waals surface area contributed by atoms with Crippen molar-refractivity contribution in [1.29, 1.82) is 0 Å². The predicted molar refractivity (Wildman–Crippen MR) is 106 cm³/mol. The molecule has 3 aromatic carbocycles. The Morgan fingerprint density at radius 2 is 1.69 bits per heavy atom. The summed E-state index contributed by atoms with van der Waals surface area (Å²) >= 11 is 0. The lowest BCUT2D eigenvalue weighted by Gasteiger charge is -2.03. The van der Waals surface area contributed by atoms with Crippen LogP contribution in [0.25, 0.3) is 22.0 Å². The molecule has 1 aromatic heterocycles. The number of nitrogens with zero attached hydrogens (tertiary/aromatic N) is 1. The van der Waals surface area contributed by atoms with Crippen LogP contribution in [0.15, 0.2) is 77.8 Å². The van der Waals surface area contributed by atoms with Crippen LogP contribution in [-0.4, -0.2) is 23.4 Å². The van der Waals surface area contributed by atoms with Crippen LogP contribution in [0.2, 0.25) is 0 Å². The van der Waals surface area contributed by atoms with Gasteiger partial charge in [-0.15, -0.1) is 0 Å². The van der Waals surface area contributed by atoms with Crippen molar-refractivity contribution in [2.24, 2.45) is 4.99 Å². The summed E-state index contributed by atoms with van der Waals surface area (Å²) in [4.78, 5) is 7.52. The number of fused-ring (bicyclic) bond motifs is 1. The third-order valence-electron chi connectivity index (χ3n) is 4.34. The zero-order valence-corrected chi connectivity index (χ0v) is 14.3. The number of aliphatic imine (C=N–C) groups is 1. The number of benzene rings is 3. The van der Waals surface area contributed by atoms with Gasteiger partial charge >= 0.3 is 0 Å². The normalized spacial score (nSPS) is 11.3. The number of rotatable bonds is 4. The topological polar surface area (TPSA) is 57.6 Å². The van der Waals surface area contributed by atoms with Crippen molar-refractivity contribution in [3.05, 3.63) is 78.4 Å². The first kappa shape index (κ1) is 16.0. The molecule has 0 bridgehead atoms. The molecule has 0 radical (unpaired) electrons. The molecule has 0 aliphatic carbocycles. The van der Waals surface area contributed by atoms with E-state index in [4.69, 9.17) is 4.74 Å². The molecule has 2 N–H and O–H groups in total. The number of hydrogen-bond acceptors (Lipinski definition) is 3. The summed E-state index contributed by atoms with van der Waals surface area (Å²) in [5.74, 6) is 0.790. The lowest BCUT2D eigenvalue weighted by atomic mass is 10.0. The minimum Gasteiger partial charge on any atom is -0.494 e. The Morgan fingerprint density at radius 3 is 2.50 bits per heavy atom. The summed E-state index contributed by atoms with van der Waals surface area (Å²) in [5, 5.41) is 11.2. The molecule has 0 atom stereocenters. The minimum absolute atomic E-state index is 0.101. The Morgan fingerprint density at radius 1 is 0.923 bits per heavy atom. The van der Waals surface area contributed by atoms with Crippen molar-refractivity contribution in [3.8, 4) is 22.8 Å². The number of ether oxygens (including phenoxy) is 1. The van der Waals surface area contributed by atoms with E-state index < -0.39 is 0 Å². The maximum Gasteiger partial charge on any atom is 0.198 e. The molecule has 0 unspecified atom stereocenters. The molecule has 128 valence electrons. The standard InChI is InChI=1S/C22H18N2O2/c1-26-21-10-6-5-9-19(21)23-14-18-17-12-11-16(13-20(17)24-22(18)25)15-7-3-2-4-8-15/h2-14,24-25H,1H3. The fraction of sp³-hybridized carbons (Fsp3) is 0.0455. The highest BCUT2D eigenvalue weighted by atomic mass is 16.5. The summed E-state index contributed by atoms with van der Waals surface area (Å²) < 4.78 is 5.31. The third-order valence-corrected chi connectivity index (χ3v) is 4.34. The largest absolute Gasteiger partial charge is 0.494 e. The zero-order valence-electron chi connectivity index (χ0n) is 14.3. The highest BCUT2D eigenvalue weighted by molar-refractivity contribution is 6.03. The van der Waals surface area contributed by atoms with Gasteiger partial charge in [-0.3, -0.25) is 4.99 Å². The molecule has 0 fully saturated rings. The molecular formula is C22H18N2O2. The molecule has 0 aliphatic heterocycles. The molecule has 1 heterocycles. The van der Waals surface area contributed by atoms with Crippen molar-refractivity contribution in [3.63, 3.8) is 0 Å². The van der Waals surface area contributed by atoms with Crippen LogP contribution >= 0.6 is 0 Å². The Hall–Kier alpha value is -3.53. The monoisotopic (exact) mass is 342 g/mol. The molecule has 0 aliphatic rings. The first-order valence-electron chi connectivity index (χ1n) is 8.33. The zero-order chi connectivity index (χ0) is 17.9. The average molecular weight is 342 g/mol. The third kappa shape index (κ3) is 2.93. The van der Waals surface area contributed by atoms with Crippen LogP contribution in [0, 0.1) is 0 Å².